The number of hydrogen-bond donors (Lipinski definition) is 2. The maximum absolute atomic E-state index is 13.0. The summed E-state index contributed by atoms with van der Waals surface area (Å²) in [6.45, 7) is 5.33. The first kappa shape index (κ1) is 24.1. The molecule has 1 unspecified atom stereocenters. The molecule has 9 heteroatoms. The Balaban J connectivity index is 1.36. The van der Waals surface area contributed by atoms with Crippen LogP contribution in [0.15, 0.2) is 42.7 Å². The smallest absolute Gasteiger partial charge is 0.254 e. The molecule has 1 amide bonds. The summed E-state index contributed by atoms with van der Waals surface area (Å²) < 4.78 is 5.58. The first-order chi connectivity index (χ1) is 17.4. The fourth-order valence-corrected chi connectivity index (χ4v) is 4.87. The average Bonchev–Trinajstić information content (AvgIpc) is 3.25. The van der Waals surface area contributed by atoms with Crippen molar-refractivity contribution in [2.75, 3.05) is 52.3 Å². The molecule has 0 bridgehead atoms. The second kappa shape index (κ2) is 9.83. The molecule has 0 saturated carbocycles. The molecule has 0 spiro atoms. The number of aryl methyl sites for hydroxylation is 1. The summed E-state index contributed by atoms with van der Waals surface area (Å²) in [6, 6.07) is 9.30. The van der Waals surface area contributed by atoms with Crippen LogP contribution in [0, 0.1) is 0 Å². The summed E-state index contributed by atoms with van der Waals surface area (Å²) in [4.78, 5) is 30.8. The molecule has 0 radical (unpaired) electrons. The Morgan fingerprint density at radius 1 is 1.17 bits per heavy atom. The van der Waals surface area contributed by atoms with Gasteiger partial charge in [-0.05, 0) is 55.8 Å². The number of nitrogens with one attached hydrogen (secondary N) is 1. The third-order valence-electron chi connectivity index (χ3n) is 7.32. The molecule has 1 atom stereocenters. The Hall–Kier alpha value is -3.56. The number of aliphatic hydroxyl groups is 1. The largest absolute Gasteiger partial charge is 0.495 e. The monoisotopic (exact) mass is 488 g/mol. The van der Waals surface area contributed by atoms with Crippen molar-refractivity contribution >= 4 is 17.5 Å². The highest BCUT2D eigenvalue weighted by Crippen LogP contribution is 2.39. The fourth-order valence-electron chi connectivity index (χ4n) is 4.87. The molecule has 5 rings (SSSR count). The van der Waals surface area contributed by atoms with Crippen molar-refractivity contribution in [2.24, 2.45) is 0 Å². The lowest BCUT2D eigenvalue weighted by atomic mass is 9.85. The fraction of sp³-hybridized carbons (Fsp3) is 0.407. The molecule has 1 saturated heterocycles. The van der Waals surface area contributed by atoms with Crippen LogP contribution in [0.1, 0.15) is 35.0 Å². The van der Waals surface area contributed by atoms with E-state index >= 15 is 0 Å². The number of amides is 1. The van der Waals surface area contributed by atoms with Gasteiger partial charge in [-0.2, -0.15) is 0 Å². The van der Waals surface area contributed by atoms with Crippen LogP contribution in [0.25, 0.3) is 11.3 Å². The second-order valence-corrected chi connectivity index (χ2v) is 9.84. The topological polar surface area (TPSA) is 104 Å². The SMILES string of the molecule is COc1cc(C(=O)N2CCN(C)CC2)ccc1Nc1nccc(-c2cnc3c(c2)C(C)(CO)CC3)n1. The first-order valence-electron chi connectivity index (χ1n) is 12.3. The quantitative estimate of drug-likeness (QED) is 0.546. The first-order valence-corrected chi connectivity index (χ1v) is 12.3. The lowest BCUT2D eigenvalue weighted by Crippen LogP contribution is -2.47. The predicted octanol–water partition coefficient (Wildman–Crippen LogP) is 2.87. The molecule has 1 aliphatic carbocycles. The van der Waals surface area contributed by atoms with E-state index in [0.29, 0.717) is 36.0 Å². The molecule has 2 N–H and O–H groups in total. The molecule has 188 valence electrons. The van der Waals surface area contributed by atoms with Gasteiger partial charge in [-0.15, -0.1) is 0 Å². The van der Waals surface area contributed by atoms with Gasteiger partial charge in [0, 0.05) is 60.8 Å². The van der Waals surface area contributed by atoms with Gasteiger partial charge in [-0.25, -0.2) is 9.97 Å². The van der Waals surface area contributed by atoms with E-state index in [1.165, 1.54) is 0 Å². The Morgan fingerprint density at radius 2 is 1.97 bits per heavy atom. The third kappa shape index (κ3) is 4.64. The molecule has 1 aliphatic heterocycles. The van der Waals surface area contributed by atoms with E-state index < -0.39 is 0 Å². The lowest BCUT2D eigenvalue weighted by molar-refractivity contribution is 0.0664. The number of methoxy groups -OCH3 is 1. The number of carbonyl (C=O) groups excluding carboxylic acids is 1. The Bertz CT molecular complexity index is 1270. The molecule has 2 aromatic heterocycles. The lowest BCUT2D eigenvalue weighted by Gasteiger charge is -2.32. The van der Waals surface area contributed by atoms with Crippen molar-refractivity contribution in [1.29, 1.82) is 0 Å². The average molecular weight is 489 g/mol. The highest BCUT2D eigenvalue weighted by Gasteiger charge is 2.35. The molecule has 36 heavy (non-hydrogen) atoms. The van der Waals surface area contributed by atoms with Crippen LogP contribution in [-0.4, -0.2) is 82.7 Å². The van der Waals surface area contributed by atoms with Crippen molar-refractivity contribution < 1.29 is 14.6 Å². The van der Waals surface area contributed by atoms with Crippen molar-refractivity contribution in [3.05, 3.63) is 59.5 Å². The van der Waals surface area contributed by atoms with Crippen molar-refractivity contribution in [3.63, 3.8) is 0 Å². The number of hydrogen-bond acceptors (Lipinski definition) is 8. The minimum Gasteiger partial charge on any atom is -0.495 e. The predicted molar refractivity (Wildman–Crippen MR) is 138 cm³/mol. The number of nitrogens with zero attached hydrogens (tertiary/aromatic N) is 5. The maximum Gasteiger partial charge on any atom is 0.254 e. The van der Waals surface area contributed by atoms with Crippen LogP contribution >= 0.6 is 0 Å². The molecule has 1 fully saturated rings. The number of piperazine rings is 1. The van der Waals surface area contributed by atoms with Crippen LogP contribution in [0.3, 0.4) is 0 Å². The van der Waals surface area contributed by atoms with E-state index in [2.05, 4.69) is 40.2 Å². The number of aromatic nitrogens is 3. The number of pyridine rings is 1. The minimum atomic E-state index is -0.275. The van der Waals surface area contributed by atoms with Crippen molar-refractivity contribution in [2.45, 2.75) is 25.2 Å². The van der Waals surface area contributed by atoms with E-state index in [-0.39, 0.29) is 17.9 Å². The van der Waals surface area contributed by atoms with Crippen LogP contribution in [-0.2, 0) is 11.8 Å². The van der Waals surface area contributed by atoms with Gasteiger partial charge in [0.05, 0.1) is 25.1 Å². The number of aliphatic hydroxyl groups excluding tert-OH is 1. The highest BCUT2D eigenvalue weighted by molar-refractivity contribution is 5.95. The number of rotatable bonds is 6. The molecule has 3 heterocycles. The van der Waals surface area contributed by atoms with E-state index in [1.807, 2.05) is 23.2 Å². The van der Waals surface area contributed by atoms with Crippen LogP contribution < -0.4 is 10.1 Å². The van der Waals surface area contributed by atoms with Crippen LogP contribution in [0.5, 0.6) is 5.75 Å². The Morgan fingerprint density at radius 3 is 2.72 bits per heavy atom. The van der Waals surface area contributed by atoms with Crippen molar-refractivity contribution in [1.82, 2.24) is 24.8 Å². The third-order valence-corrected chi connectivity index (χ3v) is 7.32. The Kier molecular flexibility index (Phi) is 6.59. The van der Waals surface area contributed by atoms with Crippen molar-refractivity contribution in [3.8, 4) is 17.0 Å². The number of likely N-dealkylation sites (N-methyl/N-ethyl adjacent to an activating group) is 1. The number of fused-ring (bicyclic) bond motifs is 1. The summed E-state index contributed by atoms with van der Waals surface area (Å²) in [5.41, 5.74) is 4.72. The van der Waals surface area contributed by atoms with Gasteiger partial charge < -0.3 is 25.0 Å². The molecule has 1 aromatic carbocycles. The summed E-state index contributed by atoms with van der Waals surface area (Å²) in [6.07, 6.45) is 5.28. The zero-order chi connectivity index (χ0) is 25.3. The number of carbonyl (C=O) groups is 1. The van der Waals surface area contributed by atoms with Gasteiger partial charge in [0.2, 0.25) is 5.95 Å². The van der Waals surface area contributed by atoms with Crippen LogP contribution in [0.4, 0.5) is 11.6 Å². The minimum absolute atomic E-state index is 0.00480. The molecular formula is C27H32N6O3. The summed E-state index contributed by atoms with van der Waals surface area (Å²) in [5, 5.41) is 13.2. The van der Waals surface area contributed by atoms with E-state index in [9.17, 15) is 9.90 Å². The van der Waals surface area contributed by atoms with Gasteiger partial charge in [0.25, 0.3) is 5.91 Å². The summed E-state index contributed by atoms with van der Waals surface area (Å²) in [7, 11) is 3.64. The van der Waals surface area contributed by atoms with Gasteiger partial charge in [0.1, 0.15) is 5.75 Å². The highest BCUT2D eigenvalue weighted by atomic mass is 16.5. The van der Waals surface area contributed by atoms with Gasteiger partial charge in [-0.1, -0.05) is 6.92 Å². The number of anilines is 2. The van der Waals surface area contributed by atoms with E-state index in [0.717, 1.165) is 48.4 Å². The van der Waals surface area contributed by atoms with Crippen LogP contribution in [0.2, 0.25) is 0 Å². The number of benzene rings is 1. The van der Waals surface area contributed by atoms with E-state index in [4.69, 9.17) is 9.72 Å². The van der Waals surface area contributed by atoms with Gasteiger partial charge in [-0.3, -0.25) is 9.78 Å². The Labute approximate surface area is 211 Å². The van der Waals surface area contributed by atoms with E-state index in [1.54, 1.807) is 25.4 Å². The normalized spacial score (nSPS) is 19.7. The zero-order valence-corrected chi connectivity index (χ0v) is 21.0. The standard InChI is InChI=1S/C27H32N6O3/c1-27(17-34)8-6-22-20(27)14-19(16-29-22)21-7-9-28-26(30-21)31-23-5-4-18(15-24(23)36-3)25(35)33-12-10-32(2)11-13-33/h4-5,7,9,14-16,34H,6,8,10-13,17H2,1-3H3,(H,28,30,31). The van der Waals surface area contributed by atoms with Gasteiger partial charge in [0.15, 0.2) is 0 Å². The summed E-state index contributed by atoms with van der Waals surface area (Å²) in [5.74, 6) is 0.960. The second-order valence-electron chi connectivity index (χ2n) is 9.84. The number of ether oxygens (including phenoxy) is 1. The molecule has 2 aliphatic rings. The molecule has 9 nitrogen and oxygen atoms in total. The molecule has 3 aromatic rings. The van der Waals surface area contributed by atoms with Gasteiger partial charge >= 0.3 is 0 Å². The maximum atomic E-state index is 13.0. The summed E-state index contributed by atoms with van der Waals surface area (Å²) >= 11 is 0. The molecular weight excluding hydrogens is 456 g/mol. The zero-order valence-electron chi connectivity index (χ0n) is 21.0.